The van der Waals surface area contributed by atoms with Gasteiger partial charge in [-0.05, 0) is 20.3 Å². The van der Waals surface area contributed by atoms with Crippen LogP contribution in [0, 0.1) is 0 Å². The number of sulfone groups is 1. The van der Waals surface area contributed by atoms with Gasteiger partial charge in [-0.2, -0.15) is 0 Å². The Bertz CT molecular complexity index is 417. The summed E-state index contributed by atoms with van der Waals surface area (Å²) in [5.74, 6) is -1.19. The first-order chi connectivity index (χ1) is 7.93. The minimum absolute atomic E-state index is 0.0163. The zero-order chi connectivity index (χ0) is 14.6. The van der Waals surface area contributed by atoms with Crippen molar-refractivity contribution in [1.82, 2.24) is 5.32 Å². The smallest absolute Gasteiger partial charge is 0.237 e. The molecule has 7 nitrogen and oxygen atoms in total. The third-order valence-corrected chi connectivity index (χ3v) is 3.19. The Morgan fingerprint density at radius 2 is 1.83 bits per heavy atom. The predicted octanol–water partition coefficient (Wildman–Crippen LogP) is -1.48. The van der Waals surface area contributed by atoms with Crippen LogP contribution in [0.1, 0.15) is 26.7 Å². The minimum atomic E-state index is -3.15. The molecule has 0 radical (unpaired) electrons. The lowest BCUT2D eigenvalue weighted by Gasteiger charge is -2.26. The summed E-state index contributed by atoms with van der Waals surface area (Å²) in [5.41, 5.74) is 9.82. The second-order valence-corrected chi connectivity index (χ2v) is 7.30. The summed E-state index contributed by atoms with van der Waals surface area (Å²) in [6.07, 6.45) is 1.10. The lowest BCUT2D eigenvalue weighted by Crippen LogP contribution is -2.52. The highest BCUT2D eigenvalue weighted by molar-refractivity contribution is 7.90. The maximum absolute atomic E-state index is 11.7. The van der Waals surface area contributed by atoms with Gasteiger partial charge in [0.1, 0.15) is 9.84 Å². The Morgan fingerprint density at radius 3 is 2.22 bits per heavy atom. The lowest BCUT2D eigenvalue weighted by molar-refractivity contribution is -0.125. The van der Waals surface area contributed by atoms with E-state index < -0.39 is 33.2 Å². The zero-order valence-electron chi connectivity index (χ0n) is 10.9. The van der Waals surface area contributed by atoms with Gasteiger partial charge >= 0.3 is 0 Å². The van der Waals surface area contributed by atoms with Gasteiger partial charge in [0.2, 0.25) is 11.8 Å². The van der Waals surface area contributed by atoms with Crippen LogP contribution in [-0.2, 0) is 19.4 Å². The third kappa shape index (κ3) is 8.02. The van der Waals surface area contributed by atoms with Gasteiger partial charge in [0.15, 0.2) is 0 Å². The van der Waals surface area contributed by atoms with Crippen molar-refractivity contribution in [2.75, 3.05) is 12.0 Å². The average molecular weight is 279 g/mol. The molecule has 0 bridgehead atoms. The molecule has 0 aromatic rings. The monoisotopic (exact) mass is 279 g/mol. The molecule has 0 aromatic heterocycles. The Morgan fingerprint density at radius 1 is 1.33 bits per heavy atom. The van der Waals surface area contributed by atoms with E-state index in [1.165, 1.54) is 0 Å². The van der Waals surface area contributed by atoms with Gasteiger partial charge in [0, 0.05) is 18.2 Å². The van der Waals surface area contributed by atoms with Gasteiger partial charge in [0.25, 0.3) is 0 Å². The standard InChI is InChI=1S/C10H21N3O4S/c1-10(2,6-8(12)14)13-9(15)7(11)4-5-18(3,16)17/h7H,4-6,11H2,1-3H3,(H2,12,14)(H,13,15). The van der Waals surface area contributed by atoms with E-state index in [4.69, 9.17) is 11.5 Å². The fraction of sp³-hybridized carbons (Fsp3) is 0.800. The number of primary amides is 1. The molecule has 1 atom stereocenters. The maximum Gasteiger partial charge on any atom is 0.237 e. The first-order valence-electron chi connectivity index (χ1n) is 5.46. The van der Waals surface area contributed by atoms with Crippen molar-refractivity contribution in [3.63, 3.8) is 0 Å². The number of carbonyl (C=O) groups is 2. The van der Waals surface area contributed by atoms with Crippen LogP contribution in [-0.4, -0.2) is 43.8 Å². The van der Waals surface area contributed by atoms with Crippen molar-refractivity contribution in [3.8, 4) is 0 Å². The maximum atomic E-state index is 11.7. The second kappa shape index (κ2) is 6.14. The molecule has 0 aliphatic rings. The largest absolute Gasteiger partial charge is 0.370 e. The molecule has 0 aromatic carbocycles. The summed E-state index contributed by atoms with van der Waals surface area (Å²) in [4.78, 5) is 22.5. The second-order valence-electron chi connectivity index (χ2n) is 5.04. The SMILES string of the molecule is CC(C)(CC(N)=O)NC(=O)C(N)CCS(C)(=O)=O. The highest BCUT2D eigenvalue weighted by atomic mass is 32.2. The van der Waals surface area contributed by atoms with Crippen molar-refractivity contribution in [2.24, 2.45) is 11.5 Å². The highest BCUT2D eigenvalue weighted by Gasteiger charge is 2.26. The van der Waals surface area contributed by atoms with Crippen molar-refractivity contribution in [1.29, 1.82) is 0 Å². The molecule has 0 saturated heterocycles. The molecule has 2 amide bonds. The molecule has 0 aliphatic heterocycles. The first kappa shape index (κ1) is 16.9. The first-order valence-corrected chi connectivity index (χ1v) is 7.53. The van der Waals surface area contributed by atoms with Gasteiger partial charge in [-0.25, -0.2) is 8.42 Å². The van der Waals surface area contributed by atoms with Crippen molar-refractivity contribution in [3.05, 3.63) is 0 Å². The molecule has 18 heavy (non-hydrogen) atoms. The summed E-state index contributed by atoms with van der Waals surface area (Å²) in [7, 11) is -3.15. The number of nitrogens with one attached hydrogen (secondary N) is 1. The molecule has 0 spiro atoms. The number of amides is 2. The van der Waals surface area contributed by atoms with Crippen LogP contribution < -0.4 is 16.8 Å². The van der Waals surface area contributed by atoms with Gasteiger partial charge in [0.05, 0.1) is 11.8 Å². The molecule has 0 heterocycles. The summed E-state index contributed by atoms with van der Waals surface area (Å²) in [5, 5.41) is 2.56. The topological polar surface area (TPSA) is 132 Å². The van der Waals surface area contributed by atoms with E-state index in [1.54, 1.807) is 13.8 Å². The Labute approximate surface area is 107 Å². The molecule has 0 fully saturated rings. The number of nitrogens with two attached hydrogens (primary N) is 2. The number of rotatable bonds is 7. The van der Waals surface area contributed by atoms with Gasteiger partial charge in [-0.15, -0.1) is 0 Å². The normalized spacial score (nSPS) is 14.0. The molecule has 106 valence electrons. The van der Waals surface area contributed by atoms with E-state index in [0.717, 1.165) is 6.26 Å². The molecule has 0 rings (SSSR count). The van der Waals surface area contributed by atoms with E-state index in [9.17, 15) is 18.0 Å². The van der Waals surface area contributed by atoms with Crippen molar-refractivity contribution < 1.29 is 18.0 Å². The van der Waals surface area contributed by atoms with Crippen LogP contribution in [0.4, 0.5) is 0 Å². The molecular weight excluding hydrogens is 258 g/mol. The van der Waals surface area contributed by atoms with E-state index in [2.05, 4.69) is 5.32 Å². The summed E-state index contributed by atoms with van der Waals surface area (Å²) < 4.78 is 21.9. The van der Waals surface area contributed by atoms with Crippen molar-refractivity contribution >= 4 is 21.7 Å². The number of hydrogen-bond acceptors (Lipinski definition) is 5. The molecule has 5 N–H and O–H groups in total. The van der Waals surface area contributed by atoms with Crippen LogP contribution in [0.25, 0.3) is 0 Å². The third-order valence-electron chi connectivity index (χ3n) is 2.21. The van der Waals surface area contributed by atoms with E-state index >= 15 is 0 Å². The molecule has 8 heteroatoms. The quantitative estimate of drug-likeness (QED) is 0.522. The van der Waals surface area contributed by atoms with Gasteiger partial charge in [-0.1, -0.05) is 0 Å². The van der Waals surface area contributed by atoms with Gasteiger partial charge in [-0.3, -0.25) is 9.59 Å². The van der Waals surface area contributed by atoms with E-state index in [-0.39, 0.29) is 18.6 Å². The average Bonchev–Trinajstić information content (AvgIpc) is 2.09. The zero-order valence-corrected chi connectivity index (χ0v) is 11.7. The lowest BCUT2D eigenvalue weighted by atomic mass is 9.99. The van der Waals surface area contributed by atoms with Crippen LogP contribution in [0.15, 0.2) is 0 Å². The Kier molecular flexibility index (Phi) is 5.75. The predicted molar refractivity (Wildman–Crippen MR) is 68.3 cm³/mol. The van der Waals surface area contributed by atoms with Crippen LogP contribution >= 0.6 is 0 Å². The molecule has 0 saturated carbocycles. The fourth-order valence-electron chi connectivity index (χ4n) is 1.38. The van der Waals surface area contributed by atoms with Crippen LogP contribution in [0.5, 0.6) is 0 Å². The van der Waals surface area contributed by atoms with Crippen molar-refractivity contribution in [2.45, 2.75) is 38.3 Å². The Hall–Kier alpha value is -1.15. The number of hydrogen-bond donors (Lipinski definition) is 3. The Balaban J connectivity index is 4.35. The summed E-state index contributed by atoms with van der Waals surface area (Å²) >= 11 is 0. The highest BCUT2D eigenvalue weighted by Crippen LogP contribution is 2.08. The molecule has 0 aliphatic carbocycles. The van der Waals surface area contributed by atoms with E-state index in [0.29, 0.717) is 0 Å². The van der Waals surface area contributed by atoms with Crippen LogP contribution in [0.3, 0.4) is 0 Å². The molecule has 1 unspecified atom stereocenters. The fourth-order valence-corrected chi connectivity index (χ4v) is 2.06. The van der Waals surface area contributed by atoms with Crippen LogP contribution in [0.2, 0.25) is 0 Å². The van der Waals surface area contributed by atoms with E-state index in [1.807, 2.05) is 0 Å². The summed E-state index contributed by atoms with van der Waals surface area (Å²) in [6.45, 7) is 3.28. The molecular formula is C10H21N3O4S. The number of carbonyl (C=O) groups excluding carboxylic acids is 2. The summed E-state index contributed by atoms with van der Waals surface area (Å²) in [6, 6.07) is -0.924. The van der Waals surface area contributed by atoms with Gasteiger partial charge < -0.3 is 16.8 Å². The minimum Gasteiger partial charge on any atom is -0.370 e.